The number of aliphatic hydroxyl groups excluding tert-OH is 1. The summed E-state index contributed by atoms with van der Waals surface area (Å²) < 4.78 is 5.43. The van der Waals surface area contributed by atoms with Gasteiger partial charge in [0.1, 0.15) is 11.8 Å². The average molecular weight is 475 g/mol. The van der Waals surface area contributed by atoms with Crippen LogP contribution in [0.1, 0.15) is 44.7 Å². The first-order valence-electron chi connectivity index (χ1n) is 11.1. The van der Waals surface area contributed by atoms with Crippen LogP contribution < -0.4 is 15.4 Å². The number of hydrogen-bond donors (Lipinski definition) is 3. The smallest absolute Gasteiger partial charge is 0.323 e. The summed E-state index contributed by atoms with van der Waals surface area (Å²) in [6.07, 6.45) is -1.44. The van der Waals surface area contributed by atoms with Crippen molar-refractivity contribution in [3.8, 4) is 16.9 Å². The first kappa shape index (κ1) is 24.1. The van der Waals surface area contributed by atoms with Gasteiger partial charge in [0.15, 0.2) is 0 Å². The summed E-state index contributed by atoms with van der Waals surface area (Å²) in [6.45, 7) is 3.45. The van der Waals surface area contributed by atoms with E-state index in [9.17, 15) is 24.6 Å². The van der Waals surface area contributed by atoms with Crippen LogP contribution in [0.4, 0.5) is 5.69 Å². The molecule has 180 valence electrons. The molecule has 0 aromatic heterocycles. The van der Waals surface area contributed by atoms with Crippen molar-refractivity contribution in [3.05, 3.63) is 82.9 Å². The molecule has 35 heavy (non-hydrogen) atoms. The number of benzene rings is 3. The molecule has 1 unspecified atom stereocenters. The predicted octanol–water partition coefficient (Wildman–Crippen LogP) is 3.35. The minimum Gasteiger partial charge on any atom is -0.496 e. The predicted molar refractivity (Wildman–Crippen MR) is 131 cm³/mol. The lowest BCUT2D eigenvalue weighted by molar-refractivity contribution is -0.141. The van der Waals surface area contributed by atoms with Crippen molar-refractivity contribution in [1.29, 1.82) is 0 Å². The maximum atomic E-state index is 13.5. The highest BCUT2D eigenvalue weighted by Gasteiger charge is 2.40. The molecule has 3 aromatic carbocycles. The average Bonchev–Trinajstić information content (AvgIpc) is 3.11. The van der Waals surface area contributed by atoms with E-state index >= 15 is 0 Å². The zero-order chi connectivity index (χ0) is 25.4. The van der Waals surface area contributed by atoms with E-state index in [-0.39, 0.29) is 16.9 Å². The molecule has 0 bridgehead atoms. The molecule has 1 heterocycles. The largest absolute Gasteiger partial charge is 0.496 e. The SMILES string of the molecule is COc1cc2c(cc1C(C)[C@@H](O)[C@H](N)C(=O)O)C(=O)N(c1cccc(-c3ccccc3)c1C)C2=O. The van der Waals surface area contributed by atoms with Gasteiger partial charge in [-0.25, -0.2) is 4.90 Å². The summed E-state index contributed by atoms with van der Waals surface area (Å²) in [4.78, 5) is 39.3. The number of carbonyl (C=O) groups excluding carboxylic acids is 2. The Morgan fingerprint density at radius 1 is 0.971 bits per heavy atom. The van der Waals surface area contributed by atoms with E-state index in [0.717, 1.165) is 21.6 Å². The number of carboxylic acid groups (broad SMARTS) is 1. The van der Waals surface area contributed by atoms with Gasteiger partial charge in [-0.3, -0.25) is 14.4 Å². The van der Waals surface area contributed by atoms with Crippen molar-refractivity contribution < 1.29 is 29.3 Å². The molecule has 0 saturated carbocycles. The Labute approximate surface area is 202 Å². The highest BCUT2D eigenvalue weighted by Crippen LogP contribution is 2.39. The number of nitrogens with two attached hydrogens (primary N) is 1. The summed E-state index contributed by atoms with van der Waals surface area (Å²) in [5, 5.41) is 19.7. The molecule has 0 radical (unpaired) electrons. The van der Waals surface area contributed by atoms with Crippen LogP contribution in [0.25, 0.3) is 11.1 Å². The molecule has 4 N–H and O–H groups in total. The Morgan fingerprint density at radius 3 is 2.20 bits per heavy atom. The molecule has 0 saturated heterocycles. The molecule has 2 amide bonds. The Balaban J connectivity index is 1.77. The molecule has 1 aliphatic heterocycles. The third-order valence-corrected chi connectivity index (χ3v) is 6.52. The fourth-order valence-electron chi connectivity index (χ4n) is 4.47. The molecule has 8 nitrogen and oxygen atoms in total. The molecule has 4 rings (SSSR count). The van der Waals surface area contributed by atoms with Crippen molar-refractivity contribution in [2.45, 2.75) is 31.9 Å². The van der Waals surface area contributed by atoms with E-state index in [1.807, 2.05) is 43.3 Å². The van der Waals surface area contributed by atoms with Crippen LogP contribution >= 0.6 is 0 Å². The lowest BCUT2D eigenvalue weighted by atomic mass is 9.88. The monoisotopic (exact) mass is 474 g/mol. The number of carbonyl (C=O) groups is 3. The van der Waals surface area contributed by atoms with Crippen LogP contribution in [-0.2, 0) is 4.79 Å². The number of aliphatic carboxylic acids is 1. The lowest BCUT2D eigenvalue weighted by Crippen LogP contribution is -2.44. The van der Waals surface area contributed by atoms with E-state index in [1.54, 1.807) is 19.1 Å². The van der Waals surface area contributed by atoms with Crippen LogP contribution in [0.3, 0.4) is 0 Å². The highest BCUT2D eigenvalue weighted by molar-refractivity contribution is 6.35. The van der Waals surface area contributed by atoms with Gasteiger partial charge >= 0.3 is 5.97 Å². The number of anilines is 1. The summed E-state index contributed by atoms with van der Waals surface area (Å²) in [6, 6.07) is 16.5. The van der Waals surface area contributed by atoms with Crippen LogP contribution in [0.2, 0.25) is 0 Å². The van der Waals surface area contributed by atoms with Crippen LogP contribution in [0, 0.1) is 6.92 Å². The van der Waals surface area contributed by atoms with Crippen LogP contribution in [0.5, 0.6) is 5.75 Å². The quantitative estimate of drug-likeness (QED) is 0.448. The number of nitrogens with zero attached hydrogens (tertiary/aromatic N) is 1. The number of methoxy groups -OCH3 is 1. The van der Waals surface area contributed by atoms with Gasteiger partial charge in [0.05, 0.1) is 30.0 Å². The summed E-state index contributed by atoms with van der Waals surface area (Å²) in [7, 11) is 1.40. The molecule has 0 aliphatic carbocycles. The van der Waals surface area contributed by atoms with Gasteiger partial charge < -0.3 is 20.7 Å². The second-order valence-corrected chi connectivity index (χ2v) is 8.54. The van der Waals surface area contributed by atoms with Gasteiger partial charge in [-0.15, -0.1) is 0 Å². The molecule has 3 atom stereocenters. The first-order valence-corrected chi connectivity index (χ1v) is 11.1. The number of carboxylic acids is 1. The number of aliphatic hydroxyl groups is 1. The second kappa shape index (κ2) is 9.32. The van der Waals surface area contributed by atoms with Crippen LogP contribution in [0.15, 0.2) is 60.7 Å². The normalized spacial score (nSPS) is 15.5. The maximum absolute atomic E-state index is 13.5. The molecule has 3 aromatic rings. The lowest BCUT2D eigenvalue weighted by Gasteiger charge is -2.24. The standard InChI is InChI=1S/C27H26N2O6/c1-14-17(16-8-5-4-6-9-16)10-7-11-21(14)29-25(31)19-12-18(15(2)24(30)23(28)27(33)34)22(35-3)13-20(19)26(29)32/h4-13,15,23-24,30H,28H2,1-3H3,(H,33,34)/t15?,23-,24+/m0/s1. The fraction of sp³-hybridized carbons (Fsp3) is 0.222. The molecule has 8 heteroatoms. The van der Waals surface area contributed by atoms with E-state index in [0.29, 0.717) is 11.3 Å². The zero-order valence-corrected chi connectivity index (χ0v) is 19.6. The Kier molecular flexibility index (Phi) is 6.43. The maximum Gasteiger partial charge on any atom is 0.323 e. The highest BCUT2D eigenvalue weighted by atomic mass is 16.5. The van der Waals surface area contributed by atoms with Gasteiger partial charge in [-0.2, -0.15) is 0 Å². The number of hydrogen-bond acceptors (Lipinski definition) is 6. The van der Waals surface area contributed by atoms with Crippen molar-refractivity contribution >= 4 is 23.5 Å². The van der Waals surface area contributed by atoms with E-state index < -0.39 is 35.8 Å². The summed E-state index contributed by atoms with van der Waals surface area (Å²) >= 11 is 0. The van der Waals surface area contributed by atoms with Gasteiger partial charge in [0.2, 0.25) is 0 Å². The topological polar surface area (TPSA) is 130 Å². The van der Waals surface area contributed by atoms with Gasteiger partial charge in [-0.1, -0.05) is 49.4 Å². The van der Waals surface area contributed by atoms with Gasteiger partial charge in [0, 0.05) is 11.5 Å². The zero-order valence-electron chi connectivity index (χ0n) is 19.6. The fourth-order valence-corrected chi connectivity index (χ4v) is 4.47. The molecule has 0 spiro atoms. The van der Waals surface area contributed by atoms with E-state index in [1.165, 1.54) is 19.2 Å². The number of amides is 2. The van der Waals surface area contributed by atoms with Crippen molar-refractivity contribution in [2.24, 2.45) is 5.73 Å². The summed E-state index contributed by atoms with van der Waals surface area (Å²) in [5.74, 6) is -2.87. The minimum absolute atomic E-state index is 0.151. The first-order chi connectivity index (χ1) is 16.7. The molecular formula is C27H26N2O6. The Morgan fingerprint density at radius 2 is 1.60 bits per heavy atom. The number of ether oxygens (including phenoxy) is 1. The number of rotatable bonds is 7. The number of imide groups is 1. The number of fused-ring (bicyclic) bond motifs is 1. The molecular weight excluding hydrogens is 448 g/mol. The Bertz CT molecular complexity index is 1320. The van der Waals surface area contributed by atoms with Crippen molar-refractivity contribution in [3.63, 3.8) is 0 Å². The third-order valence-electron chi connectivity index (χ3n) is 6.52. The summed E-state index contributed by atoms with van der Waals surface area (Å²) in [5.41, 5.74) is 9.42. The van der Waals surface area contributed by atoms with Gasteiger partial charge in [-0.05, 0) is 41.8 Å². The third kappa shape index (κ3) is 4.07. The minimum atomic E-state index is -1.53. The van der Waals surface area contributed by atoms with E-state index in [4.69, 9.17) is 10.5 Å². The van der Waals surface area contributed by atoms with Crippen molar-refractivity contribution in [1.82, 2.24) is 0 Å². The molecule has 0 fully saturated rings. The van der Waals surface area contributed by atoms with Gasteiger partial charge in [0.25, 0.3) is 11.8 Å². The Hall–Kier alpha value is -4.01. The molecule has 1 aliphatic rings. The van der Waals surface area contributed by atoms with E-state index in [2.05, 4.69) is 0 Å². The second-order valence-electron chi connectivity index (χ2n) is 8.54. The van der Waals surface area contributed by atoms with Crippen LogP contribution in [-0.4, -0.2) is 47.3 Å². The van der Waals surface area contributed by atoms with Crippen molar-refractivity contribution in [2.75, 3.05) is 12.0 Å².